The molecule has 0 radical (unpaired) electrons. The van der Waals surface area contributed by atoms with E-state index in [9.17, 15) is 4.79 Å². The standard InChI is InChI=1S/C15H23NO2/c1-5-10-15(2,12-17)11-16(3)13-8-6-7-9-14(13)18-4/h6-9,12H,5,10-11H2,1-4H3. The summed E-state index contributed by atoms with van der Waals surface area (Å²) >= 11 is 0. The minimum atomic E-state index is -0.301. The smallest absolute Gasteiger partial charge is 0.142 e. The second-order valence-electron chi connectivity index (χ2n) is 5.05. The molecular formula is C15H23NO2. The summed E-state index contributed by atoms with van der Waals surface area (Å²) in [5, 5.41) is 0. The quantitative estimate of drug-likeness (QED) is 0.695. The average molecular weight is 249 g/mol. The van der Waals surface area contributed by atoms with Crippen LogP contribution in [-0.2, 0) is 4.79 Å². The first-order valence-electron chi connectivity index (χ1n) is 6.37. The zero-order valence-corrected chi connectivity index (χ0v) is 11.8. The second-order valence-corrected chi connectivity index (χ2v) is 5.05. The Labute approximate surface area is 110 Å². The van der Waals surface area contributed by atoms with Gasteiger partial charge in [-0.15, -0.1) is 0 Å². The minimum Gasteiger partial charge on any atom is -0.495 e. The predicted molar refractivity (Wildman–Crippen MR) is 75.3 cm³/mol. The SMILES string of the molecule is CCCC(C)(C=O)CN(C)c1ccccc1OC. The molecule has 18 heavy (non-hydrogen) atoms. The van der Waals surface area contributed by atoms with E-state index in [4.69, 9.17) is 4.74 Å². The van der Waals surface area contributed by atoms with Crippen molar-refractivity contribution in [1.82, 2.24) is 0 Å². The van der Waals surface area contributed by atoms with Crippen molar-refractivity contribution < 1.29 is 9.53 Å². The molecule has 0 fully saturated rings. The van der Waals surface area contributed by atoms with E-state index in [1.807, 2.05) is 38.2 Å². The van der Waals surface area contributed by atoms with Gasteiger partial charge < -0.3 is 14.4 Å². The fourth-order valence-electron chi connectivity index (χ4n) is 2.32. The number of methoxy groups -OCH3 is 1. The summed E-state index contributed by atoms with van der Waals surface area (Å²) in [4.78, 5) is 13.4. The molecule has 0 bridgehead atoms. The molecule has 0 spiro atoms. The van der Waals surface area contributed by atoms with Crippen LogP contribution in [0.1, 0.15) is 26.7 Å². The van der Waals surface area contributed by atoms with E-state index in [1.54, 1.807) is 7.11 Å². The normalized spacial score (nSPS) is 13.8. The van der Waals surface area contributed by atoms with Crippen LogP contribution in [0.25, 0.3) is 0 Å². The third-order valence-electron chi connectivity index (χ3n) is 3.20. The maximum Gasteiger partial charge on any atom is 0.142 e. The van der Waals surface area contributed by atoms with E-state index >= 15 is 0 Å². The van der Waals surface area contributed by atoms with Gasteiger partial charge in [-0.2, -0.15) is 0 Å². The van der Waals surface area contributed by atoms with Gasteiger partial charge in [0, 0.05) is 19.0 Å². The van der Waals surface area contributed by atoms with Gasteiger partial charge in [-0.3, -0.25) is 0 Å². The number of carbonyl (C=O) groups excluding carboxylic acids is 1. The summed E-state index contributed by atoms with van der Waals surface area (Å²) in [6.45, 7) is 4.81. The van der Waals surface area contributed by atoms with E-state index in [1.165, 1.54) is 0 Å². The Hall–Kier alpha value is -1.51. The largest absolute Gasteiger partial charge is 0.495 e. The molecular weight excluding hydrogens is 226 g/mol. The van der Waals surface area contributed by atoms with Crippen molar-refractivity contribution in [2.75, 3.05) is 25.6 Å². The van der Waals surface area contributed by atoms with Gasteiger partial charge in [0.05, 0.1) is 12.8 Å². The molecule has 1 aromatic rings. The molecule has 0 aliphatic carbocycles. The third-order valence-corrected chi connectivity index (χ3v) is 3.20. The lowest BCUT2D eigenvalue weighted by Crippen LogP contribution is -2.34. The topological polar surface area (TPSA) is 29.5 Å². The van der Waals surface area contributed by atoms with E-state index < -0.39 is 0 Å². The van der Waals surface area contributed by atoms with Crippen LogP contribution >= 0.6 is 0 Å². The van der Waals surface area contributed by atoms with Crippen molar-refractivity contribution in [2.45, 2.75) is 26.7 Å². The molecule has 1 atom stereocenters. The highest BCUT2D eigenvalue weighted by Crippen LogP contribution is 2.30. The number of nitrogens with zero attached hydrogens (tertiary/aromatic N) is 1. The molecule has 0 saturated heterocycles. The number of ether oxygens (including phenoxy) is 1. The zero-order valence-electron chi connectivity index (χ0n) is 11.8. The summed E-state index contributed by atoms with van der Waals surface area (Å²) in [6.07, 6.45) is 2.98. The number of benzene rings is 1. The lowest BCUT2D eigenvalue weighted by Gasteiger charge is -2.31. The number of carbonyl (C=O) groups is 1. The monoisotopic (exact) mass is 249 g/mol. The molecule has 0 heterocycles. The highest BCUT2D eigenvalue weighted by molar-refractivity contribution is 5.63. The molecule has 0 aliphatic heterocycles. The van der Waals surface area contributed by atoms with Crippen molar-refractivity contribution in [3.8, 4) is 5.75 Å². The Kier molecular flexibility index (Phi) is 5.20. The molecule has 0 aromatic heterocycles. The van der Waals surface area contributed by atoms with E-state index in [0.29, 0.717) is 6.54 Å². The fraction of sp³-hybridized carbons (Fsp3) is 0.533. The Morgan fingerprint density at radius 2 is 2.06 bits per heavy atom. The number of para-hydroxylation sites is 2. The highest BCUT2D eigenvalue weighted by Gasteiger charge is 2.25. The molecule has 3 heteroatoms. The van der Waals surface area contributed by atoms with Crippen LogP contribution in [0.15, 0.2) is 24.3 Å². The van der Waals surface area contributed by atoms with Gasteiger partial charge in [0.25, 0.3) is 0 Å². The molecule has 3 nitrogen and oxygen atoms in total. The van der Waals surface area contributed by atoms with Crippen molar-refractivity contribution >= 4 is 12.0 Å². The summed E-state index contributed by atoms with van der Waals surface area (Å²) in [5.74, 6) is 0.838. The molecule has 0 N–H and O–H groups in total. The highest BCUT2D eigenvalue weighted by atomic mass is 16.5. The number of hydrogen-bond donors (Lipinski definition) is 0. The van der Waals surface area contributed by atoms with Gasteiger partial charge in [0.2, 0.25) is 0 Å². The third kappa shape index (κ3) is 3.49. The maximum atomic E-state index is 11.3. The molecule has 0 amide bonds. The fourth-order valence-corrected chi connectivity index (χ4v) is 2.32. The number of hydrogen-bond acceptors (Lipinski definition) is 3. The summed E-state index contributed by atoms with van der Waals surface area (Å²) in [5.41, 5.74) is 0.717. The first-order chi connectivity index (χ1) is 8.56. The zero-order chi connectivity index (χ0) is 13.6. The van der Waals surface area contributed by atoms with Crippen molar-refractivity contribution in [3.05, 3.63) is 24.3 Å². The van der Waals surface area contributed by atoms with Crippen LogP contribution in [0, 0.1) is 5.41 Å². The Balaban J connectivity index is 2.87. The van der Waals surface area contributed by atoms with Gasteiger partial charge in [-0.25, -0.2) is 0 Å². The predicted octanol–water partition coefficient (Wildman–Crippen LogP) is 3.14. The van der Waals surface area contributed by atoms with Gasteiger partial charge in [-0.05, 0) is 18.6 Å². The van der Waals surface area contributed by atoms with Crippen LogP contribution in [0.4, 0.5) is 5.69 Å². The number of anilines is 1. The van der Waals surface area contributed by atoms with Crippen molar-refractivity contribution in [2.24, 2.45) is 5.41 Å². The summed E-state index contributed by atoms with van der Waals surface area (Å²) in [7, 11) is 3.66. The van der Waals surface area contributed by atoms with Gasteiger partial charge in [-0.1, -0.05) is 32.4 Å². The van der Waals surface area contributed by atoms with Crippen molar-refractivity contribution in [3.63, 3.8) is 0 Å². The number of aldehydes is 1. The molecule has 0 saturated carbocycles. The lowest BCUT2D eigenvalue weighted by atomic mass is 9.86. The Morgan fingerprint density at radius 1 is 1.39 bits per heavy atom. The lowest BCUT2D eigenvalue weighted by molar-refractivity contribution is -0.115. The van der Waals surface area contributed by atoms with Crippen LogP contribution in [0.3, 0.4) is 0 Å². The van der Waals surface area contributed by atoms with Crippen LogP contribution < -0.4 is 9.64 Å². The van der Waals surface area contributed by atoms with E-state index in [-0.39, 0.29) is 5.41 Å². The Bertz CT molecular complexity index is 392. The Morgan fingerprint density at radius 3 is 2.61 bits per heavy atom. The first-order valence-corrected chi connectivity index (χ1v) is 6.37. The summed E-state index contributed by atoms with van der Waals surface area (Å²) < 4.78 is 5.34. The molecule has 1 unspecified atom stereocenters. The summed E-state index contributed by atoms with van der Waals surface area (Å²) in [6, 6.07) is 7.87. The van der Waals surface area contributed by atoms with Crippen LogP contribution in [0.5, 0.6) is 5.75 Å². The van der Waals surface area contributed by atoms with Gasteiger partial charge >= 0.3 is 0 Å². The van der Waals surface area contributed by atoms with E-state index in [0.717, 1.165) is 30.6 Å². The molecule has 0 aliphatic rings. The first kappa shape index (κ1) is 14.6. The van der Waals surface area contributed by atoms with Crippen LogP contribution in [0.2, 0.25) is 0 Å². The minimum absolute atomic E-state index is 0.301. The van der Waals surface area contributed by atoms with Crippen molar-refractivity contribution in [1.29, 1.82) is 0 Å². The molecule has 1 aromatic carbocycles. The van der Waals surface area contributed by atoms with Gasteiger partial charge in [0.1, 0.15) is 12.0 Å². The number of rotatable bonds is 7. The van der Waals surface area contributed by atoms with E-state index in [2.05, 4.69) is 11.8 Å². The molecule has 1 rings (SSSR count). The molecule has 100 valence electrons. The van der Waals surface area contributed by atoms with Gasteiger partial charge in [0.15, 0.2) is 0 Å². The second kappa shape index (κ2) is 6.43. The maximum absolute atomic E-state index is 11.3. The van der Waals surface area contributed by atoms with Crippen LogP contribution in [-0.4, -0.2) is 27.0 Å². The average Bonchev–Trinajstić information content (AvgIpc) is 2.38.